The number of anilines is 1. The largest absolute Gasteiger partial charge is 0.287 e. The van der Waals surface area contributed by atoms with Crippen molar-refractivity contribution in [1.29, 1.82) is 0 Å². The molecule has 6 heteroatoms. The minimum Gasteiger partial charge on any atom is -0.287 e. The molecule has 0 aliphatic heterocycles. The first-order chi connectivity index (χ1) is 11.3. The second-order valence-electron chi connectivity index (χ2n) is 5.98. The Kier molecular flexibility index (Phi) is 5.33. The lowest BCUT2D eigenvalue weighted by atomic mass is 9.87. The first kappa shape index (κ1) is 16.1. The van der Waals surface area contributed by atoms with E-state index < -0.39 is 0 Å². The van der Waals surface area contributed by atoms with Gasteiger partial charge in [-0.2, -0.15) is 0 Å². The highest BCUT2D eigenvalue weighted by atomic mass is 32.1. The van der Waals surface area contributed by atoms with Gasteiger partial charge in [0.25, 0.3) is 0 Å². The van der Waals surface area contributed by atoms with Crippen molar-refractivity contribution < 1.29 is 4.79 Å². The van der Waals surface area contributed by atoms with Gasteiger partial charge >= 0.3 is 0 Å². The number of hydrogen-bond acceptors (Lipinski definition) is 5. The number of pyridine rings is 1. The third kappa shape index (κ3) is 3.93. The molecule has 2 aromatic rings. The smallest absolute Gasteiger partial charge is 0.229 e. The van der Waals surface area contributed by atoms with Crippen LogP contribution in [0.25, 0.3) is 10.6 Å². The first-order valence-corrected chi connectivity index (χ1v) is 9.14. The summed E-state index contributed by atoms with van der Waals surface area (Å²) in [6.07, 6.45) is 10.3. The highest BCUT2D eigenvalue weighted by molar-refractivity contribution is 7.18. The van der Waals surface area contributed by atoms with Gasteiger partial charge in [0.15, 0.2) is 5.01 Å². The monoisotopic (exact) mass is 330 g/mol. The Morgan fingerprint density at radius 1 is 1.30 bits per heavy atom. The van der Waals surface area contributed by atoms with E-state index in [1.807, 2.05) is 19.1 Å². The Bertz CT molecular complexity index is 637. The van der Waals surface area contributed by atoms with Crippen molar-refractivity contribution in [3.05, 3.63) is 24.5 Å². The van der Waals surface area contributed by atoms with Gasteiger partial charge < -0.3 is 0 Å². The average Bonchev–Trinajstić information content (AvgIpc) is 3.07. The van der Waals surface area contributed by atoms with Gasteiger partial charge in [-0.1, -0.05) is 30.6 Å². The molecular formula is C17H22N4OS. The SMILES string of the molecule is CCN(C(=O)CC1CCCCC1)c1nnc(-c2cccnc2)s1. The first-order valence-electron chi connectivity index (χ1n) is 8.32. The molecule has 0 radical (unpaired) electrons. The Labute approximate surface area is 140 Å². The Morgan fingerprint density at radius 2 is 2.13 bits per heavy atom. The summed E-state index contributed by atoms with van der Waals surface area (Å²) in [5.41, 5.74) is 0.937. The van der Waals surface area contributed by atoms with Gasteiger partial charge in [0.2, 0.25) is 11.0 Å². The van der Waals surface area contributed by atoms with Gasteiger partial charge in [0, 0.05) is 30.9 Å². The summed E-state index contributed by atoms with van der Waals surface area (Å²) in [6, 6.07) is 3.83. The highest BCUT2D eigenvalue weighted by Crippen LogP contribution is 2.31. The Hall–Kier alpha value is -1.82. The van der Waals surface area contributed by atoms with Crippen LogP contribution >= 0.6 is 11.3 Å². The van der Waals surface area contributed by atoms with E-state index in [1.54, 1.807) is 17.3 Å². The standard InChI is InChI=1S/C17H22N4OS/c1-2-21(15(22)11-13-7-4-3-5-8-13)17-20-19-16(23-17)14-9-6-10-18-12-14/h6,9-10,12-13H,2-5,7-8,11H2,1H3. The summed E-state index contributed by atoms with van der Waals surface area (Å²) in [4.78, 5) is 18.5. The van der Waals surface area contributed by atoms with E-state index in [-0.39, 0.29) is 5.91 Å². The molecule has 1 saturated carbocycles. The lowest BCUT2D eigenvalue weighted by Gasteiger charge is -2.24. The molecule has 0 saturated heterocycles. The van der Waals surface area contributed by atoms with Crippen molar-refractivity contribution in [3.63, 3.8) is 0 Å². The molecule has 2 aromatic heterocycles. The van der Waals surface area contributed by atoms with E-state index in [2.05, 4.69) is 15.2 Å². The number of hydrogen-bond donors (Lipinski definition) is 0. The number of carbonyl (C=O) groups is 1. The second kappa shape index (κ2) is 7.64. The van der Waals surface area contributed by atoms with Crippen LogP contribution in [0.2, 0.25) is 0 Å². The molecule has 0 bridgehead atoms. The molecule has 0 aromatic carbocycles. The lowest BCUT2D eigenvalue weighted by molar-refractivity contribution is -0.119. The zero-order valence-electron chi connectivity index (χ0n) is 13.4. The van der Waals surface area contributed by atoms with Crippen molar-refractivity contribution in [2.75, 3.05) is 11.4 Å². The fraction of sp³-hybridized carbons (Fsp3) is 0.529. The molecule has 1 aliphatic rings. The van der Waals surface area contributed by atoms with Crippen molar-refractivity contribution >= 4 is 22.4 Å². The van der Waals surface area contributed by atoms with Crippen molar-refractivity contribution in [3.8, 4) is 10.6 Å². The van der Waals surface area contributed by atoms with E-state index >= 15 is 0 Å². The van der Waals surface area contributed by atoms with Gasteiger partial charge in [-0.3, -0.25) is 14.7 Å². The van der Waals surface area contributed by atoms with E-state index in [4.69, 9.17) is 0 Å². The van der Waals surface area contributed by atoms with Gasteiger partial charge in [0.05, 0.1) is 0 Å². The number of carbonyl (C=O) groups excluding carboxylic acids is 1. The van der Waals surface area contributed by atoms with Crippen LogP contribution < -0.4 is 4.90 Å². The summed E-state index contributed by atoms with van der Waals surface area (Å²) in [5.74, 6) is 0.712. The summed E-state index contributed by atoms with van der Waals surface area (Å²) in [7, 11) is 0. The summed E-state index contributed by atoms with van der Waals surface area (Å²) >= 11 is 1.45. The Morgan fingerprint density at radius 3 is 2.83 bits per heavy atom. The normalized spacial score (nSPS) is 15.5. The van der Waals surface area contributed by atoms with Crippen LogP contribution in [0.3, 0.4) is 0 Å². The molecule has 3 rings (SSSR count). The molecule has 1 amide bonds. The molecule has 1 aliphatic carbocycles. The summed E-state index contributed by atoms with van der Waals surface area (Å²) in [6.45, 7) is 2.62. The third-order valence-electron chi connectivity index (χ3n) is 4.36. The predicted molar refractivity (Wildman–Crippen MR) is 92.4 cm³/mol. The van der Waals surface area contributed by atoms with Gasteiger partial charge in [-0.15, -0.1) is 10.2 Å². The van der Waals surface area contributed by atoms with E-state index in [9.17, 15) is 4.79 Å². The molecule has 5 nitrogen and oxygen atoms in total. The van der Waals surface area contributed by atoms with E-state index in [1.165, 1.54) is 43.4 Å². The van der Waals surface area contributed by atoms with Gasteiger partial charge in [-0.05, 0) is 37.8 Å². The van der Waals surface area contributed by atoms with Crippen molar-refractivity contribution in [1.82, 2.24) is 15.2 Å². The summed E-state index contributed by atoms with van der Waals surface area (Å²) in [5, 5.41) is 9.93. The van der Waals surface area contributed by atoms with Crippen LogP contribution in [-0.2, 0) is 4.79 Å². The van der Waals surface area contributed by atoms with Crippen LogP contribution in [0.15, 0.2) is 24.5 Å². The summed E-state index contributed by atoms with van der Waals surface area (Å²) < 4.78 is 0. The van der Waals surface area contributed by atoms with Gasteiger partial charge in [-0.25, -0.2) is 0 Å². The molecule has 0 N–H and O–H groups in total. The number of amides is 1. The topological polar surface area (TPSA) is 59.0 Å². The van der Waals surface area contributed by atoms with Crippen LogP contribution in [-0.4, -0.2) is 27.6 Å². The second-order valence-corrected chi connectivity index (χ2v) is 6.93. The molecule has 2 heterocycles. The van der Waals surface area contributed by atoms with E-state index in [0.29, 0.717) is 24.0 Å². The van der Waals surface area contributed by atoms with E-state index in [0.717, 1.165) is 10.6 Å². The van der Waals surface area contributed by atoms with Crippen LogP contribution in [0.1, 0.15) is 45.4 Å². The van der Waals surface area contributed by atoms with Gasteiger partial charge in [0.1, 0.15) is 0 Å². The maximum absolute atomic E-state index is 12.6. The predicted octanol–water partition coefficient (Wildman–Crippen LogP) is 3.92. The zero-order chi connectivity index (χ0) is 16.1. The van der Waals surface area contributed by atoms with Crippen LogP contribution in [0.4, 0.5) is 5.13 Å². The number of rotatable bonds is 5. The maximum atomic E-state index is 12.6. The molecule has 23 heavy (non-hydrogen) atoms. The van der Waals surface area contributed by atoms with Crippen molar-refractivity contribution in [2.45, 2.75) is 45.4 Å². The Balaban J connectivity index is 1.70. The van der Waals surface area contributed by atoms with Crippen LogP contribution in [0, 0.1) is 5.92 Å². The molecule has 0 atom stereocenters. The zero-order valence-corrected chi connectivity index (χ0v) is 14.3. The number of nitrogens with zero attached hydrogens (tertiary/aromatic N) is 4. The molecule has 0 unspecified atom stereocenters. The molecule has 0 spiro atoms. The molecular weight excluding hydrogens is 308 g/mol. The lowest BCUT2D eigenvalue weighted by Crippen LogP contribution is -2.32. The fourth-order valence-corrected chi connectivity index (χ4v) is 4.01. The van der Waals surface area contributed by atoms with Crippen LogP contribution in [0.5, 0.6) is 0 Å². The maximum Gasteiger partial charge on any atom is 0.229 e. The quantitative estimate of drug-likeness (QED) is 0.833. The third-order valence-corrected chi connectivity index (χ3v) is 5.35. The minimum absolute atomic E-state index is 0.174. The highest BCUT2D eigenvalue weighted by Gasteiger charge is 2.23. The molecule has 1 fully saturated rings. The molecule has 122 valence electrons. The minimum atomic E-state index is 0.174. The average molecular weight is 330 g/mol. The van der Waals surface area contributed by atoms with Crippen molar-refractivity contribution in [2.24, 2.45) is 5.92 Å². The fourth-order valence-electron chi connectivity index (χ4n) is 3.10. The number of aromatic nitrogens is 3.